The summed E-state index contributed by atoms with van der Waals surface area (Å²) in [7, 11) is -3.50. The van der Waals surface area contributed by atoms with Crippen molar-refractivity contribution >= 4 is 21.6 Å². The van der Waals surface area contributed by atoms with E-state index in [0.717, 1.165) is 16.9 Å². The van der Waals surface area contributed by atoms with Crippen LogP contribution in [0.3, 0.4) is 0 Å². The van der Waals surface area contributed by atoms with Gasteiger partial charge >= 0.3 is 0 Å². The zero-order valence-electron chi connectivity index (χ0n) is 15.2. The molecule has 0 aliphatic carbocycles. The molecule has 1 N–H and O–H groups in total. The standard InChI is InChI=1S/C20H20N4O3S/c25-20(18-11-13-23(22-18)17-7-2-1-3-8-17)21-12-15-28(26,27)24-14-10-16-6-4-5-9-19(16)24/h1-9,11,13H,10,12,14-15H2,(H,21,25). The molecular formula is C20H20N4O3S. The molecule has 0 saturated heterocycles. The van der Waals surface area contributed by atoms with E-state index < -0.39 is 15.9 Å². The molecule has 2 aromatic carbocycles. The van der Waals surface area contributed by atoms with E-state index in [4.69, 9.17) is 0 Å². The van der Waals surface area contributed by atoms with Gasteiger partial charge in [0.2, 0.25) is 10.0 Å². The maximum atomic E-state index is 12.7. The lowest BCUT2D eigenvalue weighted by Gasteiger charge is -2.19. The second-order valence-electron chi connectivity index (χ2n) is 6.50. The number of para-hydroxylation sites is 2. The number of aromatic nitrogens is 2. The van der Waals surface area contributed by atoms with Gasteiger partial charge < -0.3 is 5.32 Å². The van der Waals surface area contributed by atoms with Crippen molar-refractivity contribution in [3.8, 4) is 5.69 Å². The zero-order chi connectivity index (χ0) is 19.6. The van der Waals surface area contributed by atoms with Crippen molar-refractivity contribution in [1.82, 2.24) is 15.1 Å². The number of rotatable bonds is 6. The van der Waals surface area contributed by atoms with E-state index >= 15 is 0 Å². The first-order chi connectivity index (χ1) is 13.5. The van der Waals surface area contributed by atoms with Crippen LogP contribution in [0.1, 0.15) is 16.1 Å². The molecule has 4 rings (SSSR count). The Hall–Kier alpha value is -3.13. The van der Waals surface area contributed by atoms with E-state index in [1.165, 1.54) is 4.31 Å². The van der Waals surface area contributed by atoms with Crippen LogP contribution >= 0.6 is 0 Å². The molecule has 1 aliphatic heterocycles. The first-order valence-corrected chi connectivity index (χ1v) is 10.6. The van der Waals surface area contributed by atoms with Crippen LogP contribution in [0.15, 0.2) is 66.9 Å². The Morgan fingerprint density at radius 1 is 1.04 bits per heavy atom. The molecule has 0 fully saturated rings. The number of fused-ring (bicyclic) bond motifs is 1. The maximum absolute atomic E-state index is 12.7. The number of benzene rings is 2. The molecule has 1 aromatic heterocycles. The molecule has 0 unspecified atom stereocenters. The molecular weight excluding hydrogens is 376 g/mol. The van der Waals surface area contributed by atoms with E-state index in [9.17, 15) is 13.2 Å². The SMILES string of the molecule is O=C(NCCS(=O)(=O)N1CCc2ccccc21)c1ccn(-c2ccccc2)n1. The van der Waals surface area contributed by atoms with Gasteiger partial charge in [-0.2, -0.15) is 5.10 Å². The van der Waals surface area contributed by atoms with Gasteiger partial charge in [0.25, 0.3) is 5.91 Å². The summed E-state index contributed by atoms with van der Waals surface area (Å²) in [6.45, 7) is 0.467. The van der Waals surface area contributed by atoms with Crippen LogP contribution in [0.4, 0.5) is 5.69 Å². The number of sulfonamides is 1. The second-order valence-corrected chi connectivity index (χ2v) is 8.52. The lowest BCUT2D eigenvalue weighted by atomic mass is 10.2. The van der Waals surface area contributed by atoms with Crippen molar-refractivity contribution in [1.29, 1.82) is 0 Å². The number of nitrogens with one attached hydrogen (secondary N) is 1. The topological polar surface area (TPSA) is 84.3 Å². The lowest BCUT2D eigenvalue weighted by molar-refractivity contribution is 0.0950. The van der Waals surface area contributed by atoms with E-state index in [1.54, 1.807) is 16.9 Å². The third kappa shape index (κ3) is 3.63. The van der Waals surface area contributed by atoms with E-state index in [0.29, 0.717) is 13.0 Å². The Balaban J connectivity index is 1.36. The smallest absolute Gasteiger partial charge is 0.271 e. The first-order valence-electron chi connectivity index (χ1n) is 9.02. The van der Waals surface area contributed by atoms with Crippen LogP contribution in [-0.4, -0.2) is 42.9 Å². The minimum atomic E-state index is -3.50. The quantitative estimate of drug-likeness (QED) is 0.691. The van der Waals surface area contributed by atoms with Gasteiger partial charge in [0.1, 0.15) is 0 Å². The Morgan fingerprint density at radius 3 is 2.61 bits per heavy atom. The summed E-state index contributed by atoms with van der Waals surface area (Å²) >= 11 is 0. The molecule has 0 bridgehead atoms. The number of anilines is 1. The summed E-state index contributed by atoms with van der Waals surface area (Å²) in [6.07, 6.45) is 2.40. The number of hydrogen-bond acceptors (Lipinski definition) is 4. The Kier molecular flexibility index (Phi) is 4.87. The Bertz CT molecular complexity index is 1090. The molecule has 0 saturated carbocycles. The summed E-state index contributed by atoms with van der Waals surface area (Å²) in [4.78, 5) is 12.3. The molecule has 2 heterocycles. The molecule has 7 nitrogen and oxygen atoms in total. The van der Waals surface area contributed by atoms with Crippen LogP contribution in [0.25, 0.3) is 5.69 Å². The van der Waals surface area contributed by atoms with Gasteiger partial charge in [-0.3, -0.25) is 9.10 Å². The number of amides is 1. The first kappa shape index (κ1) is 18.2. The fraction of sp³-hybridized carbons (Fsp3) is 0.200. The fourth-order valence-electron chi connectivity index (χ4n) is 3.26. The number of hydrogen-bond donors (Lipinski definition) is 1. The number of carbonyl (C=O) groups excluding carboxylic acids is 1. The largest absolute Gasteiger partial charge is 0.350 e. The highest BCUT2D eigenvalue weighted by atomic mass is 32.2. The highest BCUT2D eigenvalue weighted by Crippen LogP contribution is 2.29. The molecule has 0 spiro atoms. The van der Waals surface area contributed by atoms with Gasteiger partial charge in [-0.1, -0.05) is 36.4 Å². The highest BCUT2D eigenvalue weighted by molar-refractivity contribution is 7.92. The zero-order valence-corrected chi connectivity index (χ0v) is 16.0. The summed E-state index contributed by atoms with van der Waals surface area (Å²) in [6, 6.07) is 18.5. The number of nitrogens with zero attached hydrogens (tertiary/aromatic N) is 3. The minimum absolute atomic E-state index is 0.0258. The monoisotopic (exact) mass is 396 g/mol. The van der Waals surface area contributed by atoms with Gasteiger partial charge in [-0.15, -0.1) is 0 Å². The van der Waals surface area contributed by atoms with E-state index in [-0.39, 0.29) is 18.0 Å². The van der Waals surface area contributed by atoms with Crippen LogP contribution in [-0.2, 0) is 16.4 Å². The van der Waals surface area contributed by atoms with Crippen molar-refractivity contribution < 1.29 is 13.2 Å². The Labute approximate surface area is 163 Å². The van der Waals surface area contributed by atoms with E-state index in [1.807, 2.05) is 54.6 Å². The van der Waals surface area contributed by atoms with Crippen LogP contribution < -0.4 is 9.62 Å². The molecule has 1 amide bonds. The van der Waals surface area contributed by atoms with E-state index in [2.05, 4.69) is 10.4 Å². The third-order valence-electron chi connectivity index (χ3n) is 4.67. The average Bonchev–Trinajstić information content (AvgIpc) is 3.36. The second kappa shape index (κ2) is 7.47. The fourth-order valence-corrected chi connectivity index (χ4v) is 4.69. The summed E-state index contributed by atoms with van der Waals surface area (Å²) in [5, 5.41) is 6.89. The predicted octanol–water partition coefficient (Wildman–Crippen LogP) is 1.99. The lowest BCUT2D eigenvalue weighted by Crippen LogP contribution is -2.37. The molecule has 0 radical (unpaired) electrons. The molecule has 0 atom stereocenters. The summed E-state index contributed by atoms with van der Waals surface area (Å²) < 4.78 is 28.3. The predicted molar refractivity (Wildman–Crippen MR) is 107 cm³/mol. The van der Waals surface area contributed by atoms with Gasteiger partial charge in [-0.05, 0) is 36.2 Å². The molecule has 8 heteroatoms. The molecule has 1 aliphatic rings. The van der Waals surface area contributed by atoms with Crippen LogP contribution in [0.5, 0.6) is 0 Å². The average molecular weight is 396 g/mol. The van der Waals surface area contributed by atoms with Crippen molar-refractivity contribution in [3.05, 3.63) is 78.1 Å². The van der Waals surface area contributed by atoms with Crippen molar-refractivity contribution in [2.24, 2.45) is 0 Å². The Morgan fingerprint density at radius 2 is 1.79 bits per heavy atom. The minimum Gasteiger partial charge on any atom is -0.350 e. The van der Waals surface area contributed by atoms with Gasteiger partial charge in [0, 0.05) is 19.3 Å². The van der Waals surface area contributed by atoms with Gasteiger partial charge in [0.05, 0.1) is 17.1 Å². The normalized spacial score (nSPS) is 13.4. The van der Waals surface area contributed by atoms with Crippen molar-refractivity contribution in [2.75, 3.05) is 23.1 Å². The summed E-state index contributed by atoms with van der Waals surface area (Å²) in [5.74, 6) is -0.557. The van der Waals surface area contributed by atoms with Crippen molar-refractivity contribution in [3.63, 3.8) is 0 Å². The van der Waals surface area contributed by atoms with Crippen LogP contribution in [0, 0.1) is 0 Å². The van der Waals surface area contributed by atoms with Crippen LogP contribution in [0.2, 0.25) is 0 Å². The summed E-state index contributed by atoms with van der Waals surface area (Å²) in [5.41, 5.74) is 2.85. The highest BCUT2D eigenvalue weighted by Gasteiger charge is 2.28. The van der Waals surface area contributed by atoms with Gasteiger partial charge in [-0.25, -0.2) is 13.1 Å². The third-order valence-corrected chi connectivity index (χ3v) is 6.44. The molecule has 28 heavy (non-hydrogen) atoms. The van der Waals surface area contributed by atoms with Gasteiger partial charge in [0.15, 0.2) is 5.69 Å². The van der Waals surface area contributed by atoms with Crippen molar-refractivity contribution in [2.45, 2.75) is 6.42 Å². The number of carbonyl (C=O) groups is 1. The maximum Gasteiger partial charge on any atom is 0.271 e. The molecule has 3 aromatic rings. The molecule has 144 valence electrons.